The molecule has 0 saturated heterocycles. The van der Waals surface area contributed by atoms with Crippen LogP contribution in [0.25, 0.3) is 0 Å². The van der Waals surface area contributed by atoms with Gasteiger partial charge in [0.15, 0.2) is 0 Å². The minimum Gasteiger partial charge on any atom is -0.395 e. The van der Waals surface area contributed by atoms with Gasteiger partial charge in [-0.1, -0.05) is 6.92 Å². The second-order valence-corrected chi connectivity index (χ2v) is 2.85. The van der Waals surface area contributed by atoms with Gasteiger partial charge in [0.05, 0.1) is 12.7 Å². The van der Waals surface area contributed by atoms with Crippen molar-refractivity contribution >= 4 is 0 Å². The van der Waals surface area contributed by atoms with Crippen LogP contribution in [0.5, 0.6) is 0 Å². The smallest absolute Gasteiger partial charge is 0.0669 e. The Balaban J connectivity index is 0. The highest BCUT2D eigenvalue weighted by Crippen LogP contribution is 1.83. The molecular formula is C9H24N2O2. The Hall–Kier alpha value is -0.160. The Morgan fingerprint density at radius 2 is 1.92 bits per heavy atom. The molecule has 0 rings (SSSR count). The fourth-order valence-corrected chi connectivity index (χ4v) is 0.482. The Bertz CT molecular complexity index is 87.7. The Morgan fingerprint density at radius 3 is 2.00 bits per heavy atom. The maximum Gasteiger partial charge on any atom is 0.0669 e. The van der Waals surface area contributed by atoms with E-state index in [4.69, 9.17) is 21.3 Å². The van der Waals surface area contributed by atoms with Crippen molar-refractivity contribution in [3.8, 4) is 0 Å². The van der Waals surface area contributed by atoms with Gasteiger partial charge in [0.1, 0.15) is 0 Å². The molecule has 0 heterocycles. The predicted octanol–water partition coefficient (Wildman–Crippen LogP) is 0.0861. The molecule has 5 N–H and O–H groups in total. The third-order valence-corrected chi connectivity index (χ3v) is 1.54. The minimum absolute atomic E-state index is 0.00926. The van der Waals surface area contributed by atoms with Gasteiger partial charge in [-0.05, 0) is 20.3 Å². The normalized spacial score (nSPS) is 14.3. The molecule has 2 atom stereocenters. The summed E-state index contributed by atoms with van der Waals surface area (Å²) < 4.78 is 5.07. The Kier molecular flexibility index (Phi) is 14.0. The van der Waals surface area contributed by atoms with Crippen LogP contribution in [0.15, 0.2) is 0 Å². The molecule has 0 fully saturated rings. The van der Waals surface area contributed by atoms with Gasteiger partial charge in [0.2, 0.25) is 0 Å². The predicted molar refractivity (Wildman–Crippen MR) is 55.5 cm³/mol. The van der Waals surface area contributed by atoms with Crippen molar-refractivity contribution < 1.29 is 9.84 Å². The van der Waals surface area contributed by atoms with Gasteiger partial charge >= 0.3 is 0 Å². The number of aliphatic hydroxyl groups is 1. The van der Waals surface area contributed by atoms with Gasteiger partial charge in [-0.25, -0.2) is 0 Å². The molecule has 13 heavy (non-hydrogen) atoms. The molecule has 0 aliphatic heterocycles. The molecule has 0 saturated carbocycles. The standard InChI is InChI=1S/C5H13NO.C4H11NO/c1-3-7-5(2)4-6;1-2-4(5)3-6/h5H,3-4,6H2,1-2H3;4,6H,2-3,5H2,1H3. The number of hydrogen-bond acceptors (Lipinski definition) is 4. The highest BCUT2D eigenvalue weighted by atomic mass is 16.5. The summed E-state index contributed by atoms with van der Waals surface area (Å²) >= 11 is 0. The lowest BCUT2D eigenvalue weighted by molar-refractivity contribution is 0.0826. The topological polar surface area (TPSA) is 81.5 Å². The average Bonchev–Trinajstić information content (AvgIpc) is 2.18. The van der Waals surface area contributed by atoms with Crippen molar-refractivity contribution in [3.05, 3.63) is 0 Å². The summed E-state index contributed by atoms with van der Waals surface area (Å²) in [7, 11) is 0. The Morgan fingerprint density at radius 1 is 1.38 bits per heavy atom. The van der Waals surface area contributed by atoms with Crippen LogP contribution in [0.3, 0.4) is 0 Å². The third-order valence-electron chi connectivity index (χ3n) is 1.54. The molecule has 0 aliphatic rings. The van der Waals surface area contributed by atoms with Crippen molar-refractivity contribution in [2.75, 3.05) is 19.8 Å². The number of hydrogen-bond donors (Lipinski definition) is 3. The van der Waals surface area contributed by atoms with Gasteiger partial charge in [0, 0.05) is 19.2 Å². The molecule has 4 heteroatoms. The maximum absolute atomic E-state index is 8.21. The van der Waals surface area contributed by atoms with Crippen LogP contribution in [-0.4, -0.2) is 37.0 Å². The van der Waals surface area contributed by atoms with Crippen molar-refractivity contribution in [2.24, 2.45) is 11.5 Å². The van der Waals surface area contributed by atoms with E-state index in [2.05, 4.69) is 0 Å². The van der Waals surface area contributed by atoms with Gasteiger partial charge in [-0.2, -0.15) is 0 Å². The zero-order valence-corrected chi connectivity index (χ0v) is 8.99. The van der Waals surface area contributed by atoms with E-state index < -0.39 is 0 Å². The molecule has 0 amide bonds. The molecule has 0 aromatic carbocycles. The van der Waals surface area contributed by atoms with Gasteiger partial charge in [0.25, 0.3) is 0 Å². The lowest BCUT2D eigenvalue weighted by Crippen LogP contribution is -2.22. The molecule has 0 aromatic rings. The number of nitrogens with two attached hydrogens (primary N) is 2. The second kappa shape index (κ2) is 11.8. The molecule has 4 nitrogen and oxygen atoms in total. The average molecular weight is 192 g/mol. The van der Waals surface area contributed by atoms with E-state index in [9.17, 15) is 0 Å². The zero-order valence-electron chi connectivity index (χ0n) is 8.99. The summed E-state index contributed by atoms with van der Waals surface area (Å²) in [5.41, 5.74) is 10.5. The fraction of sp³-hybridized carbons (Fsp3) is 1.00. The fourth-order valence-electron chi connectivity index (χ4n) is 0.482. The van der Waals surface area contributed by atoms with Crippen LogP contribution in [0, 0.1) is 0 Å². The van der Waals surface area contributed by atoms with Crippen molar-refractivity contribution in [1.29, 1.82) is 0 Å². The van der Waals surface area contributed by atoms with Crippen LogP contribution < -0.4 is 11.5 Å². The largest absolute Gasteiger partial charge is 0.395 e. The monoisotopic (exact) mass is 192 g/mol. The van der Waals surface area contributed by atoms with E-state index in [0.29, 0.717) is 6.54 Å². The second-order valence-electron chi connectivity index (χ2n) is 2.85. The summed E-state index contributed by atoms with van der Waals surface area (Å²) in [4.78, 5) is 0. The van der Waals surface area contributed by atoms with E-state index in [-0.39, 0.29) is 18.8 Å². The van der Waals surface area contributed by atoms with Crippen LogP contribution in [0.1, 0.15) is 27.2 Å². The van der Waals surface area contributed by atoms with Crippen LogP contribution in [0.2, 0.25) is 0 Å². The molecule has 2 unspecified atom stereocenters. The molecule has 0 spiro atoms. The van der Waals surface area contributed by atoms with Gasteiger partial charge in [-0.15, -0.1) is 0 Å². The van der Waals surface area contributed by atoms with Crippen molar-refractivity contribution in [3.63, 3.8) is 0 Å². The number of aliphatic hydroxyl groups excluding tert-OH is 1. The molecule has 0 aliphatic carbocycles. The maximum atomic E-state index is 8.21. The summed E-state index contributed by atoms with van der Waals surface area (Å²) in [5.74, 6) is 0. The number of rotatable bonds is 5. The van der Waals surface area contributed by atoms with E-state index in [0.717, 1.165) is 13.0 Å². The Labute approximate surface area is 81.3 Å². The summed E-state index contributed by atoms with van der Waals surface area (Å²) in [6.07, 6.45) is 1.08. The quantitative estimate of drug-likeness (QED) is 0.576. The molecule has 0 bridgehead atoms. The van der Waals surface area contributed by atoms with E-state index in [1.807, 2.05) is 20.8 Å². The van der Waals surface area contributed by atoms with Crippen LogP contribution in [0.4, 0.5) is 0 Å². The third kappa shape index (κ3) is 14.7. The van der Waals surface area contributed by atoms with Gasteiger partial charge < -0.3 is 21.3 Å². The lowest BCUT2D eigenvalue weighted by atomic mass is 10.3. The molecule has 82 valence electrons. The SMILES string of the molecule is CCC(N)CO.CCOC(C)CN. The minimum atomic E-state index is -0.00926. The highest BCUT2D eigenvalue weighted by molar-refractivity contribution is 4.51. The highest BCUT2D eigenvalue weighted by Gasteiger charge is 1.92. The summed E-state index contributed by atoms with van der Waals surface area (Å²) in [6.45, 7) is 7.36. The van der Waals surface area contributed by atoms with E-state index in [1.54, 1.807) is 0 Å². The van der Waals surface area contributed by atoms with Crippen molar-refractivity contribution in [1.82, 2.24) is 0 Å². The first-order valence-corrected chi connectivity index (χ1v) is 4.80. The first-order chi connectivity index (χ1) is 6.12. The van der Waals surface area contributed by atoms with E-state index >= 15 is 0 Å². The van der Waals surface area contributed by atoms with Crippen molar-refractivity contribution in [2.45, 2.75) is 39.3 Å². The summed E-state index contributed by atoms with van der Waals surface area (Å²) in [6, 6.07) is -0.00926. The van der Waals surface area contributed by atoms with E-state index in [1.165, 1.54) is 0 Å². The lowest BCUT2D eigenvalue weighted by Gasteiger charge is -2.05. The number of ether oxygens (including phenoxy) is 1. The van der Waals surface area contributed by atoms with Crippen LogP contribution >= 0.6 is 0 Å². The van der Waals surface area contributed by atoms with Crippen LogP contribution in [-0.2, 0) is 4.74 Å². The van der Waals surface area contributed by atoms with Gasteiger partial charge in [-0.3, -0.25) is 0 Å². The zero-order chi connectivity index (χ0) is 10.7. The molecule has 0 radical (unpaired) electrons. The first kappa shape index (κ1) is 15.3. The first-order valence-electron chi connectivity index (χ1n) is 4.80. The molecule has 0 aromatic heterocycles. The summed E-state index contributed by atoms with van der Waals surface area (Å²) in [5, 5.41) is 8.21. The molecular weight excluding hydrogens is 168 g/mol.